The van der Waals surface area contributed by atoms with E-state index in [2.05, 4.69) is 4.98 Å². The van der Waals surface area contributed by atoms with Crippen LogP contribution in [0.3, 0.4) is 0 Å². The molecule has 0 atom stereocenters. The van der Waals surface area contributed by atoms with Crippen LogP contribution < -0.4 is 4.74 Å². The van der Waals surface area contributed by atoms with Gasteiger partial charge in [-0.05, 0) is 12.3 Å². The Morgan fingerprint density at radius 2 is 2.36 bits per heavy atom. The predicted octanol–water partition coefficient (Wildman–Crippen LogP) is 2.47. The van der Waals surface area contributed by atoms with E-state index in [1.807, 2.05) is 12.3 Å². The first-order chi connectivity index (χ1) is 5.27. The second kappa shape index (κ2) is 3.83. The van der Waals surface area contributed by atoms with Crippen LogP contribution in [-0.4, -0.2) is 18.3 Å². The summed E-state index contributed by atoms with van der Waals surface area (Å²) in [5.41, 5.74) is 0. The van der Waals surface area contributed by atoms with Gasteiger partial charge in [0, 0.05) is 6.20 Å². The quantitative estimate of drug-likeness (QED) is 0.668. The molecular weight excluding hydrogens is 182 g/mol. The van der Waals surface area contributed by atoms with Gasteiger partial charge in [0.25, 0.3) is 0 Å². The maximum absolute atomic E-state index is 5.72. The van der Waals surface area contributed by atoms with Crippen LogP contribution in [0.25, 0.3) is 0 Å². The molecule has 0 saturated heterocycles. The fourth-order valence-electron chi connectivity index (χ4n) is 0.708. The van der Waals surface area contributed by atoms with Crippen LogP contribution in [0.4, 0.5) is 0 Å². The summed E-state index contributed by atoms with van der Waals surface area (Å²) in [6.07, 6.45) is 3.52. The van der Waals surface area contributed by atoms with Crippen LogP contribution in [0.5, 0.6) is 5.88 Å². The third-order valence-corrected chi connectivity index (χ3v) is 2.14. The Balaban J connectivity index is 3.06. The van der Waals surface area contributed by atoms with Crippen LogP contribution in [0.1, 0.15) is 0 Å². The average Bonchev–Trinajstić information content (AvgIpc) is 2.04. The van der Waals surface area contributed by atoms with E-state index in [1.165, 1.54) is 0 Å². The zero-order valence-electron chi connectivity index (χ0n) is 6.30. The Morgan fingerprint density at radius 1 is 1.64 bits per heavy atom. The molecule has 0 N–H and O–H groups in total. The average molecular weight is 190 g/mol. The van der Waals surface area contributed by atoms with Crippen molar-refractivity contribution in [2.75, 3.05) is 13.4 Å². The number of rotatable bonds is 2. The minimum absolute atomic E-state index is 0.627. The van der Waals surface area contributed by atoms with E-state index in [0.717, 1.165) is 4.90 Å². The van der Waals surface area contributed by atoms with Gasteiger partial charge in [-0.3, -0.25) is 0 Å². The van der Waals surface area contributed by atoms with Gasteiger partial charge in [-0.1, -0.05) is 11.6 Å². The van der Waals surface area contributed by atoms with Gasteiger partial charge < -0.3 is 4.74 Å². The summed E-state index contributed by atoms with van der Waals surface area (Å²) in [5.74, 6) is 0.627. The molecule has 11 heavy (non-hydrogen) atoms. The molecule has 0 aliphatic rings. The summed E-state index contributed by atoms with van der Waals surface area (Å²) in [4.78, 5) is 4.95. The molecule has 1 rings (SSSR count). The summed E-state index contributed by atoms with van der Waals surface area (Å²) in [7, 11) is 1.59. The second-order valence-electron chi connectivity index (χ2n) is 1.87. The number of halogens is 1. The standard InChI is InChI=1S/C7H8ClNOS/c1-10-7-6(11-2)3-5(8)4-9-7/h3-4H,1-2H3. The number of aromatic nitrogens is 1. The van der Waals surface area contributed by atoms with Gasteiger partial charge in [0.1, 0.15) is 0 Å². The summed E-state index contributed by atoms with van der Waals surface area (Å²) in [6.45, 7) is 0. The molecule has 0 bridgehead atoms. The Kier molecular flexibility index (Phi) is 3.02. The van der Waals surface area contributed by atoms with Crippen molar-refractivity contribution in [1.29, 1.82) is 0 Å². The third kappa shape index (κ3) is 2.01. The Morgan fingerprint density at radius 3 is 2.91 bits per heavy atom. The van der Waals surface area contributed by atoms with Crippen LogP contribution in [0, 0.1) is 0 Å². The number of methoxy groups -OCH3 is 1. The third-order valence-electron chi connectivity index (χ3n) is 1.20. The van der Waals surface area contributed by atoms with Gasteiger partial charge in [0.2, 0.25) is 5.88 Å². The van der Waals surface area contributed by atoms with E-state index in [4.69, 9.17) is 16.3 Å². The van der Waals surface area contributed by atoms with Crippen molar-refractivity contribution in [2.24, 2.45) is 0 Å². The molecule has 4 heteroatoms. The summed E-state index contributed by atoms with van der Waals surface area (Å²) in [5, 5.41) is 0.634. The molecule has 1 aromatic heterocycles. The Labute approximate surface area is 74.9 Å². The summed E-state index contributed by atoms with van der Waals surface area (Å²) >= 11 is 7.28. The van der Waals surface area contributed by atoms with Gasteiger partial charge in [-0.2, -0.15) is 0 Å². The highest BCUT2D eigenvalue weighted by molar-refractivity contribution is 7.98. The maximum atomic E-state index is 5.72. The number of hydrogen-bond donors (Lipinski definition) is 0. The lowest BCUT2D eigenvalue weighted by atomic mass is 10.5. The Bertz CT molecular complexity index is 254. The van der Waals surface area contributed by atoms with E-state index in [-0.39, 0.29) is 0 Å². The zero-order chi connectivity index (χ0) is 8.27. The van der Waals surface area contributed by atoms with Crippen molar-refractivity contribution in [3.05, 3.63) is 17.3 Å². The largest absolute Gasteiger partial charge is 0.480 e. The highest BCUT2D eigenvalue weighted by atomic mass is 35.5. The lowest BCUT2D eigenvalue weighted by Crippen LogP contribution is -1.88. The molecule has 0 fully saturated rings. The topological polar surface area (TPSA) is 22.1 Å². The number of nitrogens with zero attached hydrogens (tertiary/aromatic N) is 1. The molecule has 0 amide bonds. The van der Waals surface area contributed by atoms with E-state index in [1.54, 1.807) is 25.1 Å². The molecule has 0 aliphatic heterocycles. The van der Waals surface area contributed by atoms with E-state index in [9.17, 15) is 0 Å². The molecule has 1 heterocycles. The predicted molar refractivity (Wildman–Crippen MR) is 47.6 cm³/mol. The van der Waals surface area contributed by atoms with E-state index >= 15 is 0 Å². The van der Waals surface area contributed by atoms with Gasteiger partial charge in [0.05, 0.1) is 17.0 Å². The SMILES string of the molecule is COc1ncc(Cl)cc1SC. The zero-order valence-corrected chi connectivity index (χ0v) is 7.87. The van der Waals surface area contributed by atoms with Crippen LogP contribution in [0.2, 0.25) is 5.02 Å². The van der Waals surface area contributed by atoms with E-state index < -0.39 is 0 Å². The van der Waals surface area contributed by atoms with Crippen molar-refractivity contribution < 1.29 is 4.74 Å². The lowest BCUT2D eigenvalue weighted by molar-refractivity contribution is 0.387. The number of thioether (sulfide) groups is 1. The molecule has 2 nitrogen and oxygen atoms in total. The number of pyridine rings is 1. The fraction of sp³-hybridized carbons (Fsp3) is 0.286. The molecule has 0 radical (unpaired) electrons. The maximum Gasteiger partial charge on any atom is 0.227 e. The minimum Gasteiger partial charge on any atom is -0.480 e. The Hall–Kier alpha value is -0.410. The summed E-state index contributed by atoms with van der Waals surface area (Å²) in [6, 6.07) is 1.83. The molecule has 0 saturated carbocycles. The number of hydrogen-bond acceptors (Lipinski definition) is 3. The lowest BCUT2D eigenvalue weighted by Gasteiger charge is -2.03. The molecule has 0 aliphatic carbocycles. The smallest absolute Gasteiger partial charge is 0.227 e. The molecule has 0 spiro atoms. The molecular formula is C7H8ClNOS. The molecule has 1 aromatic rings. The highest BCUT2D eigenvalue weighted by Gasteiger charge is 2.02. The van der Waals surface area contributed by atoms with Gasteiger partial charge in [-0.25, -0.2) is 4.98 Å². The van der Waals surface area contributed by atoms with Gasteiger partial charge in [-0.15, -0.1) is 11.8 Å². The normalized spacial score (nSPS) is 9.73. The minimum atomic E-state index is 0.627. The van der Waals surface area contributed by atoms with Crippen LogP contribution in [-0.2, 0) is 0 Å². The number of ether oxygens (including phenoxy) is 1. The highest BCUT2D eigenvalue weighted by Crippen LogP contribution is 2.27. The molecule has 0 aromatic carbocycles. The van der Waals surface area contributed by atoms with Crippen molar-refractivity contribution in [1.82, 2.24) is 4.98 Å². The fourth-order valence-corrected chi connectivity index (χ4v) is 1.49. The van der Waals surface area contributed by atoms with Gasteiger partial charge >= 0.3 is 0 Å². The first-order valence-corrected chi connectivity index (χ1v) is 4.61. The molecule has 0 unspecified atom stereocenters. The first-order valence-electron chi connectivity index (χ1n) is 3.01. The van der Waals surface area contributed by atoms with Crippen molar-refractivity contribution in [2.45, 2.75) is 4.90 Å². The van der Waals surface area contributed by atoms with Crippen molar-refractivity contribution in [3.8, 4) is 5.88 Å². The monoisotopic (exact) mass is 189 g/mol. The molecule has 60 valence electrons. The van der Waals surface area contributed by atoms with Gasteiger partial charge in [0.15, 0.2) is 0 Å². The first kappa shape index (κ1) is 8.68. The van der Waals surface area contributed by atoms with Crippen molar-refractivity contribution in [3.63, 3.8) is 0 Å². The van der Waals surface area contributed by atoms with Crippen LogP contribution >= 0.6 is 23.4 Å². The van der Waals surface area contributed by atoms with E-state index in [0.29, 0.717) is 10.9 Å². The summed E-state index contributed by atoms with van der Waals surface area (Å²) < 4.78 is 5.00. The second-order valence-corrected chi connectivity index (χ2v) is 3.15. The van der Waals surface area contributed by atoms with Crippen molar-refractivity contribution >= 4 is 23.4 Å². The van der Waals surface area contributed by atoms with Crippen LogP contribution in [0.15, 0.2) is 17.2 Å².